The van der Waals surface area contributed by atoms with E-state index in [1.165, 1.54) is 13.2 Å². The van der Waals surface area contributed by atoms with Gasteiger partial charge in [-0.25, -0.2) is 4.79 Å². The minimum absolute atomic E-state index is 0.297. The van der Waals surface area contributed by atoms with Crippen LogP contribution in [0.4, 0.5) is 0 Å². The third-order valence-corrected chi connectivity index (χ3v) is 5.05. The minimum atomic E-state index is -1.26. The number of methoxy groups -OCH3 is 1. The molecule has 176 valence electrons. The van der Waals surface area contributed by atoms with Gasteiger partial charge in [0.1, 0.15) is 5.56 Å². The number of H-pyrrole nitrogens is 1. The number of hydrogen-bond donors (Lipinski definition) is 3. The average Bonchev–Trinajstić information content (AvgIpc) is 3.29. The Balaban J connectivity index is 0.000000231. The SMILES string of the molecule is CCCCCOc1c(OC)ccc2cc(C(=O)O)c(=O)[nH]c12.NCc1ccc2c(c1)OCO2. The zero-order valence-corrected chi connectivity index (χ0v) is 18.7. The first kappa shape index (κ1) is 23.9. The van der Waals surface area contributed by atoms with E-state index in [4.69, 9.17) is 29.8 Å². The van der Waals surface area contributed by atoms with Gasteiger partial charge in [-0.1, -0.05) is 25.8 Å². The van der Waals surface area contributed by atoms with Gasteiger partial charge < -0.3 is 34.8 Å². The van der Waals surface area contributed by atoms with Crippen LogP contribution in [0.5, 0.6) is 23.0 Å². The van der Waals surface area contributed by atoms with E-state index in [1.54, 1.807) is 12.1 Å². The van der Waals surface area contributed by atoms with Crippen LogP contribution < -0.4 is 30.2 Å². The van der Waals surface area contributed by atoms with Crippen molar-refractivity contribution in [2.75, 3.05) is 20.5 Å². The summed E-state index contributed by atoms with van der Waals surface area (Å²) in [5.41, 5.74) is 6.00. The van der Waals surface area contributed by atoms with Gasteiger partial charge in [0.15, 0.2) is 23.0 Å². The van der Waals surface area contributed by atoms with E-state index in [0.717, 1.165) is 36.3 Å². The van der Waals surface area contributed by atoms with Gasteiger partial charge in [-0.3, -0.25) is 4.79 Å². The summed E-state index contributed by atoms with van der Waals surface area (Å²) < 4.78 is 21.3. The van der Waals surface area contributed by atoms with Crippen molar-refractivity contribution in [2.45, 2.75) is 32.7 Å². The van der Waals surface area contributed by atoms with E-state index < -0.39 is 11.5 Å². The molecule has 2 aromatic carbocycles. The number of carboxylic acids is 1. The number of aromatic amines is 1. The Morgan fingerprint density at radius 3 is 2.64 bits per heavy atom. The molecule has 2 heterocycles. The van der Waals surface area contributed by atoms with E-state index in [1.807, 2.05) is 18.2 Å². The summed E-state index contributed by atoms with van der Waals surface area (Å²) in [5.74, 6) is 1.28. The number of unbranched alkanes of at least 4 members (excludes halogenated alkanes) is 2. The average molecular weight is 456 g/mol. The Kier molecular flexibility index (Phi) is 8.15. The maximum absolute atomic E-state index is 11.9. The largest absolute Gasteiger partial charge is 0.493 e. The summed E-state index contributed by atoms with van der Waals surface area (Å²) in [4.78, 5) is 25.5. The molecule has 1 aliphatic rings. The van der Waals surface area contributed by atoms with E-state index >= 15 is 0 Å². The molecule has 9 nitrogen and oxygen atoms in total. The van der Waals surface area contributed by atoms with Gasteiger partial charge in [-0.2, -0.15) is 0 Å². The lowest BCUT2D eigenvalue weighted by molar-refractivity contribution is 0.0695. The molecule has 9 heteroatoms. The molecule has 33 heavy (non-hydrogen) atoms. The maximum atomic E-state index is 11.9. The van der Waals surface area contributed by atoms with Crippen molar-refractivity contribution in [1.82, 2.24) is 4.98 Å². The van der Waals surface area contributed by atoms with Crippen molar-refractivity contribution in [3.05, 3.63) is 57.9 Å². The molecule has 0 saturated carbocycles. The van der Waals surface area contributed by atoms with E-state index in [-0.39, 0.29) is 5.56 Å². The number of aromatic nitrogens is 1. The standard InChI is InChI=1S/C16H19NO5.C8H9NO2/c1-3-4-5-8-22-14-12(21-2)7-6-10-9-11(16(19)20)15(18)17-13(10)14;9-4-6-1-2-7-8(3-6)11-5-10-7/h6-7,9H,3-5,8H2,1-2H3,(H,17,18)(H,19,20);1-3H,4-5,9H2. The molecule has 1 aliphatic heterocycles. The summed E-state index contributed by atoms with van der Waals surface area (Å²) in [6, 6.07) is 10.5. The summed E-state index contributed by atoms with van der Waals surface area (Å²) in [6.07, 6.45) is 3.02. The number of carbonyl (C=O) groups is 1. The number of benzene rings is 2. The van der Waals surface area contributed by atoms with Crippen LogP contribution in [0.25, 0.3) is 10.9 Å². The Labute approximate surface area is 191 Å². The number of hydrogen-bond acceptors (Lipinski definition) is 7. The van der Waals surface area contributed by atoms with Crippen molar-refractivity contribution in [3.8, 4) is 23.0 Å². The molecule has 0 aliphatic carbocycles. The van der Waals surface area contributed by atoms with Crippen LogP contribution in [0, 0.1) is 0 Å². The highest BCUT2D eigenvalue weighted by molar-refractivity contribution is 5.94. The molecule has 4 N–H and O–H groups in total. The molecule has 1 aromatic heterocycles. The molecular weight excluding hydrogens is 428 g/mol. The number of nitrogens with one attached hydrogen (secondary N) is 1. The second-order valence-electron chi connectivity index (χ2n) is 7.33. The molecular formula is C24H28N2O7. The van der Waals surface area contributed by atoms with Gasteiger partial charge in [0.2, 0.25) is 6.79 Å². The quantitative estimate of drug-likeness (QED) is 0.437. The van der Waals surface area contributed by atoms with Gasteiger partial charge in [-0.15, -0.1) is 0 Å². The fourth-order valence-corrected chi connectivity index (χ4v) is 3.29. The first-order chi connectivity index (χ1) is 16.0. The van der Waals surface area contributed by atoms with Crippen molar-refractivity contribution in [3.63, 3.8) is 0 Å². The number of pyridine rings is 1. The van der Waals surface area contributed by atoms with Crippen molar-refractivity contribution in [2.24, 2.45) is 5.73 Å². The molecule has 0 amide bonds. The molecule has 0 fully saturated rings. The van der Waals surface area contributed by atoms with Crippen LogP contribution in [0.2, 0.25) is 0 Å². The molecule has 0 unspecified atom stereocenters. The van der Waals surface area contributed by atoms with Crippen LogP contribution >= 0.6 is 0 Å². The van der Waals surface area contributed by atoms with E-state index in [0.29, 0.717) is 42.3 Å². The van der Waals surface area contributed by atoms with Gasteiger partial charge in [0.05, 0.1) is 19.2 Å². The van der Waals surface area contributed by atoms with Crippen LogP contribution in [0.3, 0.4) is 0 Å². The molecule has 3 aromatic rings. The fourth-order valence-electron chi connectivity index (χ4n) is 3.29. The zero-order chi connectivity index (χ0) is 23.8. The highest BCUT2D eigenvalue weighted by atomic mass is 16.7. The van der Waals surface area contributed by atoms with Crippen LogP contribution in [-0.2, 0) is 6.54 Å². The zero-order valence-electron chi connectivity index (χ0n) is 18.7. The molecule has 4 rings (SSSR count). The summed E-state index contributed by atoms with van der Waals surface area (Å²) in [7, 11) is 1.52. The summed E-state index contributed by atoms with van der Waals surface area (Å²) in [5, 5.41) is 9.61. The van der Waals surface area contributed by atoms with Crippen molar-refractivity contribution in [1.29, 1.82) is 0 Å². The van der Waals surface area contributed by atoms with Crippen LogP contribution in [0.15, 0.2) is 41.2 Å². The summed E-state index contributed by atoms with van der Waals surface area (Å²) >= 11 is 0. The van der Waals surface area contributed by atoms with Gasteiger partial charge in [-0.05, 0) is 42.3 Å². The molecule has 0 spiro atoms. The monoisotopic (exact) mass is 456 g/mol. The number of nitrogens with two attached hydrogens (primary N) is 1. The van der Waals surface area contributed by atoms with Gasteiger partial charge >= 0.3 is 5.97 Å². The lowest BCUT2D eigenvalue weighted by Gasteiger charge is -2.13. The highest BCUT2D eigenvalue weighted by Crippen LogP contribution is 2.34. The topological polar surface area (TPSA) is 133 Å². The Morgan fingerprint density at radius 2 is 1.94 bits per heavy atom. The van der Waals surface area contributed by atoms with E-state index in [9.17, 15) is 9.59 Å². The Bertz CT molecular complexity index is 1170. The first-order valence-corrected chi connectivity index (χ1v) is 10.7. The normalized spacial score (nSPS) is 11.6. The maximum Gasteiger partial charge on any atom is 0.341 e. The first-order valence-electron chi connectivity index (χ1n) is 10.7. The van der Waals surface area contributed by atoms with Crippen molar-refractivity contribution >= 4 is 16.9 Å². The number of carboxylic acid groups (broad SMARTS) is 1. The van der Waals surface area contributed by atoms with Crippen LogP contribution in [0.1, 0.15) is 42.1 Å². The number of ether oxygens (including phenoxy) is 4. The predicted molar refractivity (Wildman–Crippen MR) is 124 cm³/mol. The van der Waals surface area contributed by atoms with Gasteiger partial charge in [0.25, 0.3) is 5.56 Å². The third kappa shape index (κ3) is 5.75. The molecule has 0 radical (unpaired) electrons. The summed E-state index contributed by atoms with van der Waals surface area (Å²) in [6.45, 7) is 3.47. The number of fused-ring (bicyclic) bond motifs is 2. The predicted octanol–water partition coefficient (Wildman–Crippen LogP) is 3.68. The Morgan fingerprint density at radius 1 is 1.15 bits per heavy atom. The van der Waals surface area contributed by atoms with Crippen LogP contribution in [-0.4, -0.2) is 36.6 Å². The third-order valence-electron chi connectivity index (χ3n) is 5.05. The second-order valence-corrected chi connectivity index (χ2v) is 7.33. The smallest absolute Gasteiger partial charge is 0.341 e. The highest BCUT2D eigenvalue weighted by Gasteiger charge is 2.16. The lowest BCUT2D eigenvalue weighted by Crippen LogP contribution is -2.17. The number of aromatic carboxylic acids is 1. The Hall–Kier alpha value is -3.72. The molecule has 0 atom stereocenters. The number of rotatable bonds is 8. The molecule has 0 bridgehead atoms. The fraction of sp³-hybridized carbons (Fsp3) is 0.333. The van der Waals surface area contributed by atoms with E-state index in [2.05, 4.69) is 11.9 Å². The lowest BCUT2D eigenvalue weighted by atomic mass is 10.1. The van der Waals surface area contributed by atoms with Crippen molar-refractivity contribution < 1.29 is 28.8 Å². The molecule has 0 saturated heterocycles. The van der Waals surface area contributed by atoms with Gasteiger partial charge in [0, 0.05) is 11.9 Å². The second kappa shape index (κ2) is 11.2. The minimum Gasteiger partial charge on any atom is -0.493 e.